The summed E-state index contributed by atoms with van der Waals surface area (Å²) in [6, 6.07) is 8.16. The van der Waals surface area contributed by atoms with E-state index in [2.05, 4.69) is 34.6 Å². The van der Waals surface area contributed by atoms with Crippen LogP contribution in [0.2, 0.25) is 0 Å². The van der Waals surface area contributed by atoms with Gasteiger partial charge in [-0.15, -0.1) is 21.5 Å². The van der Waals surface area contributed by atoms with Crippen LogP contribution >= 0.6 is 11.3 Å². The molecule has 4 aliphatic carbocycles. The van der Waals surface area contributed by atoms with Crippen molar-refractivity contribution in [2.24, 2.45) is 17.8 Å². The average Bonchev–Trinajstić information content (AvgIpc) is 3.31. The highest BCUT2D eigenvalue weighted by Gasteiger charge is 2.53. The Hall–Kier alpha value is -2.01. The zero-order valence-electron chi connectivity index (χ0n) is 15.5. The van der Waals surface area contributed by atoms with E-state index in [4.69, 9.17) is 9.40 Å². The lowest BCUT2D eigenvalue weighted by Crippen LogP contribution is -2.48. The molecule has 138 valence electrons. The number of hydrogen-bond acceptors (Lipinski definition) is 5. The molecule has 2 aromatic heterocycles. The van der Waals surface area contributed by atoms with E-state index in [9.17, 15) is 0 Å². The van der Waals surface area contributed by atoms with E-state index in [1.54, 1.807) is 11.3 Å². The van der Waals surface area contributed by atoms with Gasteiger partial charge in [-0.25, -0.2) is 4.98 Å². The highest BCUT2D eigenvalue weighted by atomic mass is 32.1. The molecule has 4 fully saturated rings. The number of hydrogen-bond donors (Lipinski definition) is 0. The molecule has 4 bridgehead atoms. The van der Waals surface area contributed by atoms with Crippen LogP contribution in [0.5, 0.6) is 0 Å². The third-order valence-electron chi connectivity index (χ3n) is 6.91. The van der Waals surface area contributed by atoms with Crippen molar-refractivity contribution in [3.05, 3.63) is 40.2 Å². The first kappa shape index (κ1) is 16.0. The van der Waals surface area contributed by atoms with E-state index in [-0.39, 0.29) is 0 Å². The van der Waals surface area contributed by atoms with E-state index in [1.807, 2.05) is 12.1 Å². The first-order valence-electron chi connectivity index (χ1n) is 10.0. The van der Waals surface area contributed by atoms with Gasteiger partial charge in [0, 0.05) is 16.4 Å². The van der Waals surface area contributed by atoms with E-state index in [0.29, 0.717) is 17.2 Å². The summed E-state index contributed by atoms with van der Waals surface area (Å²) in [6.07, 6.45) is 8.39. The standard InChI is InChI=1S/C22H23N3OS/c1-13-3-2-4-17(5-13)19-24-25-20(26-19)18-12-27-21(23-18)22-9-14-6-15(10-22)8-16(7-14)11-22/h2-5,12,14-16H,6-11H2,1H3. The molecule has 7 rings (SSSR count). The second kappa shape index (κ2) is 5.74. The van der Waals surface area contributed by atoms with Gasteiger partial charge in [-0.2, -0.15) is 0 Å². The summed E-state index contributed by atoms with van der Waals surface area (Å²) in [5, 5.41) is 12.0. The highest BCUT2D eigenvalue weighted by Crippen LogP contribution is 2.61. The Balaban J connectivity index is 1.31. The predicted molar refractivity (Wildman–Crippen MR) is 105 cm³/mol. The van der Waals surface area contributed by atoms with Crippen molar-refractivity contribution in [2.75, 3.05) is 0 Å². The largest absolute Gasteiger partial charge is 0.415 e. The Labute approximate surface area is 163 Å². The maximum absolute atomic E-state index is 5.96. The van der Waals surface area contributed by atoms with E-state index >= 15 is 0 Å². The Morgan fingerprint density at radius 2 is 1.70 bits per heavy atom. The van der Waals surface area contributed by atoms with Crippen molar-refractivity contribution in [3.8, 4) is 23.0 Å². The molecule has 0 radical (unpaired) electrons. The normalized spacial score (nSPS) is 31.5. The summed E-state index contributed by atoms with van der Waals surface area (Å²) in [7, 11) is 0. The van der Waals surface area contributed by atoms with Crippen LogP contribution in [0.1, 0.15) is 49.1 Å². The second-order valence-corrected chi connectivity index (χ2v) is 9.88. The summed E-state index contributed by atoms with van der Waals surface area (Å²) in [5.74, 6) is 3.90. The van der Waals surface area contributed by atoms with Crippen molar-refractivity contribution in [1.82, 2.24) is 15.2 Å². The summed E-state index contributed by atoms with van der Waals surface area (Å²) in [6.45, 7) is 2.07. The van der Waals surface area contributed by atoms with Gasteiger partial charge in [-0.1, -0.05) is 17.7 Å². The van der Waals surface area contributed by atoms with Crippen LogP contribution in [-0.4, -0.2) is 15.2 Å². The van der Waals surface area contributed by atoms with Crippen LogP contribution < -0.4 is 0 Å². The zero-order valence-corrected chi connectivity index (χ0v) is 16.3. The summed E-state index contributed by atoms with van der Waals surface area (Å²) in [4.78, 5) is 5.02. The smallest absolute Gasteiger partial charge is 0.267 e. The molecule has 0 amide bonds. The van der Waals surface area contributed by atoms with Gasteiger partial charge in [0.1, 0.15) is 5.69 Å². The van der Waals surface area contributed by atoms with Crippen molar-refractivity contribution in [1.29, 1.82) is 0 Å². The molecule has 27 heavy (non-hydrogen) atoms. The second-order valence-electron chi connectivity index (χ2n) is 9.02. The minimum atomic E-state index is 0.330. The van der Waals surface area contributed by atoms with Crippen LogP contribution in [0.3, 0.4) is 0 Å². The quantitative estimate of drug-likeness (QED) is 0.593. The van der Waals surface area contributed by atoms with Crippen molar-refractivity contribution in [3.63, 3.8) is 0 Å². The van der Waals surface area contributed by atoms with Crippen molar-refractivity contribution < 1.29 is 4.42 Å². The molecule has 5 heteroatoms. The molecule has 1 aromatic carbocycles. The van der Waals surface area contributed by atoms with Crippen molar-refractivity contribution >= 4 is 11.3 Å². The molecule has 4 aliphatic rings. The first-order valence-corrected chi connectivity index (χ1v) is 10.9. The number of rotatable bonds is 3. The maximum atomic E-state index is 5.96. The fourth-order valence-corrected chi connectivity index (χ4v) is 7.24. The Morgan fingerprint density at radius 1 is 1.00 bits per heavy atom. The molecule has 0 aliphatic heterocycles. The molecule has 2 heterocycles. The molecule has 4 saturated carbocycles. The fraction of sp³-hybridized carbons (Fsp3) is 0.500. The van der Waals surface area contributed by atoms with Gasteiger partial charge in [0.25, 0.3) is 5.89 Å². The molecule has 3 aromatic rings. The maximum Gasteiger partial charge on any atom is 0.267 e. The monoisotopic (exact) mass is 377 g/mol. The van der Waals surface area contributed by atoms with E-state index in [0.717, 1.165) is 29.0 Å². The lowest BCUT2D eigenvalue weighted by Gasteiger charge is -2.56. The lowest BCUT2D eigenvalue weighted by atomic mass is 9.50. The molecular formula is C22H23N3OS. The minimum Gasteiger partial charge on any atom is -0.415 e. The van der Waals surface area contributed by atoms with Gasteiger partial charge in [0.2, 0.25) is 5.89 Å². The van der Waals surface area contributed by atoms with Gasteiger partial charge < -0.3 is 4.42 Å². The van der Waals surface area contributed by atoms with Crippen LogP contribution in [0.25, 0.3) is 23.0 Å². The molecule has 0 atom stereocenters. The SMILES string of the molecule is Cc1cccc(-c2nnc(-c3csc(C45CC6CC(CC(C6)C4)C5)n3)o2)c1. The summed E-state index contributed by atoms with van der Waals surface area (Å²) < 4.78 is 5.96. The van der Waals surface area contributed by atoms with Crippen molar-refractivity contribution in [2.45, 2.75) is 50.9 Å². The summed E-state index contributed by atoms with van der Waals surface area (Å²) >= 11 is 1.80. The Kier molecular flexibility index (Phi) is 3.40. The zero-order chi connectivity index (χ0) is 18.0. The third-order valence-corrected chi connectivity index (χ3v) is 7.99. The molecule has 4 nitrogen and oxygen atoms in total. The molecule has 0 spiro atoms. The van der Waals surface area contributed by atoms with Gasteiger partial charge in [0.15, 0.2) is 0 Å². The predicted octanol–water partition coefficient (Wildman–Crippen LogP) is 5.64. The molecule has 0 unspecified atom stereocenters. The Bertz CT molecular complexity index is 969. The minimum absolute atomic E-state index is 0.330. The number of aromatic nitrogens is 3. The number of aryl methyl sites for hydroxylation is 1. The molecule has 0 N–H and O–H groups in total. The van der Waals surface area contributed by atoms with Crippen LogP contribution in [0.15, 0.2) is 34.1 Å². The van der Waals surface area contributed by atoms with Gasteiger partial charge in [-0.05, 0) is 75.3 Å². The van der Waals surface area contributed by atoms with E-state index < -0.39 is 0 Å². The first-order chi connectivity index (χ1) is 13.2. The Morgan fingerprint density at radius 3 is 2.41 bits per heavy atom. The highest BCUT2D eigenvalue weighted by molar-refractivity contribution is 7.10. The topological polar surface area (TPSA) is 51.8 Å². The lowest BCUT2D eigenvalue weighted by molar-refractivity contribution is -0.00524. The molecular weight excluding hydrogens is 354 g/mol. The van der Waals surface area contributed by atoms with Crippen LogP contribution in [-0.2, 0) is 5.41 Å². The number of thiazole rings is 1. The van der Waals surface area contributed by atoms with E-state index in [1.165, 1.54) is 49.1 Å². The average molecular weight is 378 g/mol. The fourth-order valence-electron chi connectivity index (χ4n) is 6.21. The molecule has 0 saturated heterocycles. The van der Waals surface area contributed by atoms with Gasteiger partial charge >= 0.3 is 0 Å². The van der Waals surface area contributed by atoms with Gasteiger partial charge in [0.05, 0.1) is 5.01 Å². The summed E-state index contributed by atoms with van der Waals surface area (Å²) in [5.41, 5.74) is 3.32. The van der Waals surface area contributed by atoms with Gasteiger partial charge in [-0.3, -0.25) is 0 Å². The third kappa shape index (κ3) is 2.59. The number of nitrogens with zero attached hydrogens (tertiary/aromatic N) is 3. The number of benzene rings is 1. The van der Waals surface area contributed by atoms with Crippen LogP contribution in [0.4, 0.5) is 0 Å². The van der Waals surface area contributed by atoms with Crippen LogP contribution in [0, 0.1) is 24.7 Å².